The molecule has 178 valence electrons. The van der Waals surface area contributed by atoms with Crippen molar-refractivity contribution in [2.24, 2.45) is 0 Å². The molecule has 0 unspecified atom stereocenters. The molecule has 35 heavy (non-hydrogen) atoms. The van der Waals surface area contributed by atoms with Gasteiger partial charge >= 0.3 is 0 Å². The number of benzene rings is 3. The zero-order valence-electron chi connectivity index (χ0n) is 19.6. The first kappa shape index (κ1) is 23.2. The van der Waals surface area contributed by atoms with Crippen LogP contribution in [0.15, 0.2) is 84.4 Å². The number of carbonyl (C=O) groups is 1. The average molecular weight is 487 g/mol. The van der Waals surface area contributed by atoms with Gasteiger partial charge in [-0.15, -0.1) is 0 Å². The molecule has 2 aliphatic rings. The maximum absolute atomic E-state index is 13.6. The van der Waals surface area contributed by atoms with Gasteiger partial charge in [-0.05, 0) is 78.7 Å². The van der Waals surface area contributed by atoms with E-state index in [9.17, 15) is 4.79 Å². The lowest BCUT2D eigenvalue weighted by Gasteiger charge is -2.29. The monoisotopic (exact) mass is 486 g/mol. The molecule has 0 atom stereocenters. The van der Waals surface area contributed by atoms with Crippen LogP contribution in [0, 0.1) is 0 Å². The van der Waals surface area contributed by atoms with Crippen molar-refractivity contribution in [3.63, 3.8) is 0 Å². The van der Waals surface area contributed by atoms with E-state index in [1.54, 1.807) is 4.90 Å². The minimum atomic E-state index is -0.0667. The van der Waals surface area contributed by atoms with E-state index in [2.05, 4.69) is 17.0 Å². The van der Waals surface area contributed by atoms with Gasteiger partial charge in [-0.25, -0.2) is 0 Å². The van der Waals surface area contributed by atoms with Crippen LogP contribution in [0.4, 0.5) is 11.4 Å². The van der Waals surface area contributed by atoms with Crippen molar-refractivity contribution in [1.82, 2.24) is 0 Å². The summed E-state index contributed by atoms with van der Waals surface area (Å²) in [5.74, 6) is 0.745. The second kappa shape index (κ2) is 10.4. The first-order valence-electron chi connectivity index (χ1n) is 11.8. The number of rotatable bonds is 6. The van der Waals surface area contributed by atoms with Gasteiger partial charge in [0.2, 0.25) is 0 Å². The molecule has 5 rings (SSSR count). The highest BCUT2D eigenvalue weighted by atomic mass is 35.5. The van der Waals surface area contributed by atoms with Crippen molar-refractivity contribution in [2.45, 2.75) is 6.92 Å². The lowest BCUT2D eigenvalue weighted by Crippen LogP contribution is -2.36. The number of hydrogen-bond acceptors (Lipinski definition) is 4. The number of carbonyl (C=O) groups excluding carboxylic acids is 1. The Labute approximate surface area is 210 Å². The van der Waals surface area contributed by atoms with E-state index >= 15 is 0 Å². The van der Waals surface area contributed by atoms with Crippen LogP contribution in [0.3, 0.4) is 0 Å². The standard InChI is InChI=1S/C29H27ClN2O3/c1-2-35-27-13-3-21(4-14-27)19-23-20-28(22-5-7-24(30)8-6-22)32(29(23)33)26-11-9-25(10-12-26)31-15-17-34-18-16-31/h3-14,19-20H,2,15-18H2,1H3/b23-19+. The molecule has 0 aliphatic carbocycles. The minimum absolute atomic E-state index is 0.0667. The van der Waals surface area contributed by atoms with Gasteiger partial charge in [0, 0.05) is 35.1 Å². The number of morpholine rings is 1. The van der Waals surface area contributed by atoms with Crippen LogP contribution < -0.4 is 14.5 Å². The van der Waals surface area contributed by atoms with Crippen LogP contribution in [-0.4, -0.2) is 38.8 Å². The SMILES string of the molecule is CCOc1ccc(/C=C2\C=C(c3ccc(Cl)cc3)N(c3ccc(N4CCOCC4)cc3)C2=O)cc1. The summed E-state index contributed by atoms with van der Waals surface area (Å²) in [7, 11) is 0. The van der Waals surface area contributed by atoms with Gasteiger partial charge < -0.3 is 14.4 Å². The molecule has 1 fully saturated rings. The maximum atomic E-state index is 13.6. The normalized spacial score (nSPS) is 17.1. The number of ether oxygens (including phenoxy) is 2. The van der Waals surface area contributed by atoms with Crippen LogP contribution in [-0.2, 0) is 9.53 Å². The van der Waals surface area contributed by atoms with Gasteiger partial charge in [0.1, 0.15) is 5.75 Å². The summed E-state index contributed by atoms with van der Waals surface area (Å²) in [5.41, 5.74) is 5.26. The lowest BCUT2D eigenvalue weighted by molar-refractivity contribution is -0.113. The van der Waals surface area contributed by atoms with E-state index < -0.39 is 0 Å². The highest BCUT2D eigenvalue weighted by molar-refractivity contribution is 6.30. The van der Waals surface area contributed by atoms with Crippen LogP contribution in [0.2, 0.25) is 5.02 Å². The fourth-order valence-electron chi connectivity index (χ4n) is 4.35. The van der Waals surface area contributed by atoms with Crippen molar-refractivity contribution in [3.05, 3.63) is 101 Å². The van der Waals surface area contributed by atoms with Gasteiger partial charge in [-0.2, -0.15) is 0 Å². The van der Waals surface area contributed by atoms with E-state index in [0.29, 0.717) is 17.2 Å². The number of nitrogens with zero attached hydrogens (tertiary/aromatic N) is 2. The molecule has 5 nitrogen and oxygen atoms in total. The summed E-state index contributed by atoms with van der Waals surface area (Å²) in [6.45, 7) is 5.77. The van der Waals surface area contributed by atoms with E-state index in [0.717, 1.165) is 60.3 Å². The predicted octanol–water partition coefficient (Wildman–Crippen LogP) is 6.05. The molecule has 2 heterocycles. The molecular formula is C29H27ClN2O3. The molecule has 0 bridgehead atoms. The zero-order chi connectivity index (χ0) is 24.2. The number of hydrogen-bond donors (Lipinski definition) is 0. The first-order chi connectivity index (χ1) is 17.1. The number of anilines is 2. The Bertz CT molecular complexity index is 1240. The molecule has 2 aliphatic heterocycles. The second-order valence-electron chi connectivity index (χ2n) is 8.39. The summed E-state index contributed by atoms with van der Waals surface area (Å²) in [6, 6.07) is 23.5. The molecule has 0 saturated carbocycles. The summed E-state index contributed by atoms with van der Waals surface area (Å²) in [4.78, 5) is 17.7. The Morgan fingerprint density at radius 2 is 1.57 bits per heavy atom. The highest BCUT2D eigenvalue weighted by Crippen LogP contribution is 2.36. The minimum Gasteiger partial charge on any atom is -0.494 e. The van der Waals surface area contributed by atoms with E-state index in [1.807, 2.05) is 79.7 Å². The molecule has 0 N–H and O–H groups in total. The lowest BCUT2D eigenvalue weighted by atomic mass is 10.1. The van der Waals surface area contributed by atoms with Crippen LogP contribution in [0.25, 0.3) is 11.8 Å². The van der Waals surface area contributed by atoms with Crippen LogP contribution >= 0.6 is 11.6 Å². The average Bonchev–Trinajstić information content (AvgIpc) is 3.22. The molecule has 1 saturated heterocycles. The predicted molar refractivity (Wildman–Crippen MR) is 142 cm³/mol. The molecule has 0 spiro atoms. The maximum Gasteiger partial charge on any atom is 0.262 e. The second-order valence-corrected chi connectivity index (χ2v) is 8.83. The summed E-state index contributed by atoms with van der Waals surface area (Å²) in [6.07, 6.45) is 3.86. The Kier molecular flexibility index (Phi) is 6.89. The molecule has 6 heteroatoms. The van der Waals surface area contributed by atoms with Gasteiger partial charge in [0.05, 0.1) is 25.5 Å². The Morgan fingerprint density at radius 3 is 2.23 bits per heavy atom. The van der Waals surface area contributed by atoms with Crippen molar-refractivity contribution < 1.29 is 14.3 Å². The number of amides is 1. The molecule has 3 aromatic carbocycles. The molecule has 1 amide bonds. The first-order valence-corrected chi connectivity index (χ1v) is 12.2. The Hall–Kier alpha value is -3.54. The van der Waals surface area contributed by atoms with Crippen molar-refractivity contribution in [2.75, 3.05) is 42.7 Å². The summed E-state index contributed by atoms with van der Waals surface area (Å²) in [5, 5.41) is 0.658. The molecule has 3 aromatic rings. The smallest absolute Gasteiger partial charge is 0.262 e. The van der Waals surface area contributed by atoms with Gasteiger partial charge in [-0.3, -0.25) is 9.69 Å². The fourth-order valence-corrected chi connectivity index (χ4v) is 4.47. The largest absolute Gasteiger partial charge is 0.494 e. The van der Waals surface area contributed by atoms with Gasteiger partial charge in [0.25, 0.3) is 5.91 Å². The number of halogens is 1. The Balaban J connectivity index is 1.48. The molecular weight excluding hydrogens is 460 g/mol. The quantitative estimate of drug-likeness (QED) is 0.398. The van der Waals surface area contributed by atoms with Crippen molar-refractivity contribution in [3.8, 4) is 5.75 Å². The third-order valence-electron chi connectivity index (χ3n) is 6.12. The van der Waals surface area contributed by atoms with Gasteiger partial charge in [-0.1, -0.05) is 35.9 Å². The van der Waals surface area contributed by atoms with Gasteiger partial charge in [0.15, 0.2) is 0 Å². The molecule has 0 radical (unpaired) electrons. The summed E-state index contributed by atoms with van der Waals surface area (Å²) < 4.78 is 11.0. The van der Waals surface area contributed by atoms with E-state index in [4.69, 9.17) is 21.1 Å². The van der Waals surface area contributed by atoms with E-state index in [1.165, 1.54) is 0 Å². The third kappa shape index (κ3) is 5.11. The van der Waals surface area contributed by atoms with E-state index in [-0.39, 0.29) is 5.91 Å². The fraction of sp³-hybridized carbons (Fsp3) is 0.207. The van der Waals surface area contributed by atoms with Crippen LogP contribution in [0.1, 0.15) is 18.1 Å². The Morgan fingerprint density at radius 1 is 0.914 bits per heavy atom. The van der Waals surface area contributed by atoms with Crippen molar-refractivity contribution >= 4 is 40.7 Å². The molecule has 0 aromatic heterocycles. The van der Waals surface area contributed by atoms with Crippen molar-refractivity contribution in [1.29, 1.82) is 0 Å². The third-order valence-corrected chi connectivity index (χ3v) is 6.37. The van der Waals surface area contributed by atoms with Crippen LogP contribution in [0.5, 0.6) is 5.75 Å². The highest BCUT2D eigenvalue weighted by Gasteiger charge is 2.30. The topological polar surface area (TPSA) is 42.0 Å². The summed E-state index contributed by atoms with van der Waals surface area (Å²) >= 11 is 6.13. The zero-order valence-corrected chi connectivity index (χ0v) is 20.4.